The first-order chi connectivity index (χ1) is 7.11. The van der Waals surface area contributed by atoms with Crippen molar-refractivity contribution in [3.8, 4) is 0 Å². The van der Waals surface area contributed by atoms with Crippen LogP contribution in [0.2, 0.25) is 0 Å². The van der Waals surface area contributed by atoms with Crippen LogP contribution in [0.5, 0.6) is 0 Å². The van der Waals surface area contributed by atoms with Gasteiger partial charge in [0.15, 0.2) is 5.78 Å². The smallest absolute Gasteiger partial charge is 0.310 e. The molecule has 0 aromatic rings. The molecule has 0 bridgehead atoms. The summed E-state index contributed by atoms with van der Waals surface area (Å²) in [6.07, 6.45) is 0.326. The molecule has 88 valence electrons. The summed E-state index contributed by atoms with van der Waals surface area (Å²) in [5.41, 5.74) is 0. The molecule has 0 aromatic heterocycles. The number of carboxylic acids is 1. The molecule has 0 heterocycles. The maximum Gasteiger partial charge on any atom is 0.310 e. The summed E-state index contributed by atoms with van der Waals surface area (Å²) in [7, 11) is 0. The van der Waals surface area contributed by atoms with Crippen LogP contribution in [-0.4, -0.2) is 41.0 Å². The Hall–Kier alpha value is -0.550. The fourth-order valence-electron chi connectivity index (χ4n) is 1.24. The van der Waals surface area contributed by atoms with E-state index in [1.54, 1.807) is 11.8 Å². The Morgan fingerprint density at radius 1 is 1.40 bits per heavy atom. The molecule has 0 aliphatic carbocycles. The summed E-state index contributed by atoms with van der Waals surface area (Å²) in [6.45, 7) is 4.66. The summed E-state index contributed by atoms with van der Waals surface area (Å²) in [6, 6.07) is -0.301. The molecule has 0 amide bonds. The van der Waals surface area contributed by atoms with Crippen LogP contribution in [0.1, 0.15) is 26.7 Å². The molecular formula is C10H19NO3S. The Morgan fingerprint density at radius 2 is 2.07 bits per heavy atom. The molecule has 0 rings (SSSR count). The lowest BCUT2D eigenvalue weighted by Crippen LogP contribution is -2.38. The molecule has 0 aliphatic rings. The van der Waals surface area contributed by atoms with Crippen LogP contribution in [0.4, 0.5) is 0 Å². The second kappa shape index (κ2) is 8.73. The van der Waals surface area contributed by atoms with Gasteiger partial charge in [-0.2, -0.15) is 11.8 Å². The number of aliphatic carboxylic acids is 1. The number of Topliss-reactive ketones (excluding diaryl/α,β-unsaturated/α-hetero) is 1. The van der Waals surface area contributed by atoms with E-state index in [0.29, 0.717) is 13.0 Å². The van der Waals surface area contributed by atoms with Crippen LogP contribution in [0, 0.1) is 0 Å². The zero-order chi connectivity index (χ0) is 11.7. The zero-order valence-corrected chi connectivity index (χ0v) is 10.1. The molecule has 0 radical (unpaired) electrons. The first-order valence-corrected chi connectivity index (χ1v) is 6.32. The van der Waals surface area contributed by atoms with Gasteiger partial charge in [0.25, 0.3) is 0 Å². The number of rotatable bonds is 9. The molecule has 4 nitrogen and oxygen atoms in total. The van der Waals surface area contributed by atoms with Crippen molar-refractivity contribution in [1.29, 1.82) is 0 Å². The largest absolute Gasteiger partial charge is 0.481 e. The number of carbonyl (C=O) groups excluding carboxylic acids is 1. The van der Waals surface area contributed by atoms with E-state index in [1.165, 1.54) is 0 Å². The highest BCUT2D eigenvalue weighted by molar-refractivity contribution is 7.99. The Labute approximate surface area is 94.8 Å². The number of hydrogen-bond acceptors (Lipinski definition) is 4. The van der Waals surface area contributed by atoms with Crippen molar-refractivity contribution in [2.24, 2.45) is 0 Å². The third kappa shape index (κ3) is 7.39. The molecule has 0 saturated heterocycles. The highest BCUT2D eigenvalue weighted by Crippen LogP contribution is 2.06. The van der Waals surface area contributed by atoms with Crippen LogP contribution in [0.3, 0.4) is 0 Å². The Balaban J connectivity index is 4.00. The molecule has 0 spiro atoms. The van der Waals surface area contributed by atoms with Crippen molar-refractivity contribution in [3.63, 3.8) is 0 Å². The third-order valence-electron chi connectivity index (χ3n) is 1.92. The molecule has 0 fully saturated rings. The number of hydrogen-bond donors (Lipinski definition) is 2. The van der Waals surface area contributed by atoms with Crippen LogP contribution in [0.15, 0.2) is 0 Å². The highest BCUT2D eigenvalue weighted by atomic mass is 32.2. The SMILES string of the molecule is CCN[C@@H](CCSCC)C(=O)CC(=O)O. The molecule has 15 heavy (non-hydrogen) atoms. The Morgan fingerprint density at radius 3 is 2.53 bits per heavy atom. The van der Waals surface area contributed by atoms with Crippen molar-refractivity contribution in [2.75, 3.05) is 18.1 Å². The van der Waals surface area contributed by atoms with Gasteiger partial charge in [-0.25, -0.2) is 0 Å². The van der Waals surface area contributed by atoms with Crippen molar-refractivity contribution >= 4 is 23.5 Å². The summed E-state index contributed by atoms with van der Waals surface area (Å²) < 4.78 is 0. The van der Waals surface area contributed by atoms with E-state index in [2.05, 4.69) is 12.2 Å². The van der Waals surface area contributed by atoms with Crippen LogP contribution < -0.4 is 5.32 Å². The number of likely N-dealkylation sites (N-methyl/N-ethyl adjacent to an activating group) is 1. The molecule has 5 heteroatoms. The van der Waals surface area contributed by atoms with Crippen LogP contribution in [-0.2, 0) is 9.59 Å². The molecular weight excluding hydrogens is 214 g/mol. The maximum absolute atomic E-state index is 11.5. The van der Waals surface area contributed by atoms with Gasteiger partial charge in [-0.15, -0.1) is 0 Å². The second-order valence-electron chi connectivity index (χ2n) is 3.13. The van der Waals surface area contributed by atoms with E-state index in [9.17, 15) is 9.59 Å². The molecule has 0 saturated carbocycles. The minimum Gasteiger partial charge on any atom is -0.481 e. The molecule has 1 atom stereocenters. The summed E-state index contributed by atoms with van der Waals surface area (Å²) in [4.78, 5) is 21.9. The van der Waals surface area contributed by atoms with Gasteiger partial charge in [-0.05, 0) is 24.5 Å². The average Bonchev–Trinajstić information content (AvgIpc) is 2.15. The monoisotopic (exact) mass is 233 g/mol. The van der Waals surface area contributed by atoms with Gasteiger partial charge in [0, 0.05) is 0 Å². The van der Waals surface area contributed by atoms with E-state index in [0.717, 1.165) is 11.5 Å². The normalized spacial score (nSPS) is 12.4. The maximum atomic E-state index is 11.5. The number of nitrogens with one attached hydrogen (secondary N) is 1. The van der Waals surface area contributed by atoms with E-state index < -0.39 is 5.97 Å². The van der Waals surface area contributed by atoms with Gasteiger partial charge in [-0.3, -0.25) is 9.59 Å². The van der Waals surface area contributed by atoms with Crippen molar-refractivity contribution in [1.82, 2.24) is 5.32 Å². The van der Waals surface area contributed by atoms with Crippen LogP contribution >= 0.6 is 11.8 Å². The van der Waals surface area contributed by atoms with Gasteiger partial charge < -0.3 is 10.4 Å². The number of carbonyl (C=O) groups is 2. The third-order valence-corrected chi connectivity index (χ3v) is 2.85. The lowest BCUT2D eigenvalue weighted by Gasteiger charge is -2.15. The average molecular weight is 233 g/mol. The molecule has 0 unspecified atom stereocenters. The van der Waals surface area contributed by atoms with Gasteiger partial charge in [0.2, 0.25) is 0 Å². The standard InChI is InChI=1S/C10H19NO3S/c1-3-11-8(5-6-15-4-2)9(12)7-10(13)14/h8,11H,3-7H2,1-2H3,(H,13,14)/t8-/m0/s1. The second-order valence-corrected chi connectivity index (χ2v) is 4.53. The van der Waals surface area contributed by atoms with E-state index in [1.807, 2.05) is 6.92 Å². The minimum absolute atomic E-state index is 0.221. The number of thioether (sulfide) groups is 1. The summed E-state index contributed by atoms with van der Waals surface area (Å²) in [5.74, 6) is 0.637. The highest BCUT2D eigenvalue weighted by Gasteiger charge is 2.19. The van der Waals surface area contributed by atoms with Crippen molar-refractivity contribution in [3.05, 3.63) is 0 Å². The van der Waals surface area contributed by atoms with Gasteiger partial charge in [-0.1, -0.05) is 13.8 Å². The first-order valence-electron chi connectivity index (χ1n) is 5.17. The van der Waals surface area contributed by atoms with Crippen LogP contribution in [0.25, 0.3) is 0 Å². The summed E-state index contributed by atoms with van der Waals surface area (Å²) in [5, 5.41) is 11.5. The summed E-state index contributed by atoms with van der Waals surface area (Å²) >= 11 is 1.76. The van der Waals surface area contributed by atoms with E-state index in [-0.39, 0.29) is 18.2 Å². The van der Waals surface area contributed by atoms with Gasteiger partial charge >= 0.3 is 5.97 Å². The predicted octanol–water partition coefficient (Wildman–Crippen LogP) is 1.15. The van der Waals surface area contributed by atoms with Gasteiger partial charge in [0.1, 0.15) is 6.42 Å². The number of ketones is 1. The molecule has 0 aromatic carbocycles. The Kier molecular flexibility index (Phi) is 8.41. The molecule has 0 aliphatic heterocycles. The minimum atomic E-state index is -1.05. The van der Waals surface area contributed by atoms with E-state index >= 15 is 0 Å². The zero-order valence-electron chi connectivity index (χ0n) is 9.28. The fourth-order valence-corrected chi connectivity index (χ4v) is 1.93. The predicted molar refractivity (Wildman–Crippen MR) is 62.3 cm³/mol. The van der Waals surface area contributed by atoms with Gasteiger partial charge in [0.05, 0.1) is 6.04 Å². The van der Waals surface area contributed by atoms with Crippen molar-refractivity contribution < 1.29 is 14.7 Å². The molecule has 2 N–H and O–H groups in total. The lowest BCUT2D eigenvalue weighted by atomic mass is 10.1. The topological polar surface area (TPSA) is 66.4 Å². The van der Waals surface area contributed by atoms with E-state index in [4.69, 9.17) is 5.11 Å². The lowest BCUT2D eigenvalue weighted by molar-refractivity contribution is -0.140. The first kappa shape index (κ1) is 14.5. The number of carboxylic acid groups (broad SMARTS) is 1. The fraction of sp³-hybridized carbons (Fsp3) is 0.800. The van der Waals surface area contributed by atoms with Crippen molar-refractivity contribution in [2.45, 2.75) is 32.7 Å². The Bertz CT molecular complexity index is 209. The quantitative estimate of drug-likeness (QED) is 0.462.